The van der Waals surface area contributed by atoms with E-state index in [9.17, 15) is 9.59 Å². The van der Waals surface area contributed by atoms with Gasteiger partial charge in [-0.15, -0.1) is 0 Å². The number of fused-ring (bicyclic) bond motifs is 1. The van der Waals surface area contributed by atoms with E-state index in [-0.39, 0.29) is 17.5 Å². The average Bonchev–Trinajstić information content (AvgIpc) is 3.54. The van der Waals surface area contributed by atoms with Gasteiger partial charge in [-0.3, -0.25) is 14.2 Å². The molecule has 2 aromatic carbocycles. The summed E-state index contributed by atoms with van der Waals surface area (Å²) in [6.07, 6.45) is 5.47. The maximum absolute atomic E-state index is 15.0. The Morgan fingerprint density at radius 2 is 1.75 bits per heavy atom. The first-order valence-corrected chi connectivity index (χ1v) is 15.5. The minimum absolute atomic E-state index is 0.0632. The van der Waals surface area contributed by atoms with Gasteiger partial charge in [-0.05, 0) is 87.6 Å². The number of benzene rings is 2. The van der Waals surface area contributed by atoms with Crippen molar-refractivity contribution < 1.29 is 13.6 Å². The molecule has 1 saturated carbocycles. The Balaban J connectivity index is 1.60. The standard InChI is InChI=1S/C34H40F2N6O2/c1-4-41(5-2)19-9-18-37-34-39-30(26-20-24(15-14-22(26)3)33(44)38-21-23-10-6-7-11-23)25-16-17-29(43)42(32(25)40-34)31-27(35)12-8-13-28(31)36/h8,12-17,20,23H,4-7,9-11,18-19,21H2,1-3H3,(H,38,44)(H,37,39,40). The maximum Gasteiger partial charge on any atom is 0.256 e. The topological polar surface area (TPSA) is 92.2 Å². The van der Waals surface area contributed by atoms with E-state index in [0.717, 1.165) is 61.2 Å². The number of halogens is 2. The van der Waals surface area contributed by atoms with Gasteiger partial charge in [0.25, 0.3) is 11.5 Å². The zero-order valence-corrected chi connectivity index (χ0v) is 25.6. The van der Waals surface area contributed by atoms with Crippen LogP contribution in [0, 0.1) is 24.5 Å². The number of hydrogen-bond acceptors (Lipinski definition) is 6. The molecule has 0 unspecified atom stereocenters. The number of para-hydroxylation sites is 1. The number of aromatic nitrogens is 3. The number of carbonyl (C=O) groups excluding carboxylic acids is 1. The highest BCUT2D eigenvalue weighted by Crippen LogP contribution is 2.32. The van der Waals surface area contributed by atoms with Crippen molar-refractivity contribution in [3.63, 3.8) is 0 Å². The molecule has 232 valence electrons. The van der Waals surface area contributed by atoms with Gasteiger partial charge in [0.1, 0.15) is 17.3 Å². The van der Waals surface area contributed by atoms with Gasteiger partial charge in [0.15, 0.2) is 5.65 Å². The molecule has 1 amide bonds. The monoisotopic (exact) mass is 602 g/mol. The normalized spacial score (nSPS) is 13.6. The fourth-order valence-corrected chi connectivity index (χ4v) is 5.93. The second kappa shape index (κ2) is 14.1. The van der Waals surface area contributed by atoms with E-state index in [4.69, 9.17) is 4.98 Å². The van der Waals surface area contributed by atoms with E-state index >= 15 is 8.78 Å². The van der Waals surface area contributed by atoms with E-state index in [0.29, 0.717) is 41.2 Å². The van der Waals surface area contributed by atoms with Crippen molar-refractivity contribution in [3.05, 3.63) is 81.6 Å². The molecule has 5 rings (SSSR count). The minimum Gasteiger partial charge on any atom is -0.354 e. The summed E-state index contributed by atoms with van der Waals surface area (Å²) in [7, 11) is 0. The molecule has 0 aliphatic heterocycles. The smallest absolute Gasteiger partial charge is 0.256 e. The van der Waals surface area contributed by atoms with Crippen LogP contribution in [0.1, 0.15) is 61.9 Å². The van der Waals surface area contributed by atoms with Crippen LogP contribution in [0.15, 0.2) is 53.3 Å². The van der Waals surface area contributed by atoms with Crippen LogP contribution in [0.3, 0.4) is 0 Å². The lowest BCUT2D eigenvalue weighted by atomic mass is 9.99. The van der Waals surface area contributed by atoms with Gasteiger partial charge in [0, 0.05) is 35.7 Å². The molecule has 1 aliphatic rings. The number of aryl methyl sites for hydroxylation is 1. The van der Waals surface area contributed by atoms with Crippen molar-refractivity contribution in [2.75, 3.05) is 38.0 Å². The summed E-state index contributed by atoms with van der Waals surface area (Å²) in [6, 6.07) is 11.7. The van der Waals surface area contributed by atoms with Crippen LogP contribution in [0.5, 0.6) is 0 Å². The SMILES string of the molecule is CCN(CC)CCCNc1nc(-c2cc(C(=O)NCC3CCCC3)ccc2C)c2ccc(=O)n(-c3c(F)cccc3F)c2n1. The fourth-order valence-electron chi connectivity index (χ4n) is 5.93. The zero-order chi connectivity index (χ0) is 31.2. The molecule has 1 aliphatic carbocycles. The lowest BCUT2D eigenvalue weighted by molar-refractivity contribution is 0.0947. The lowest BCUT2D eigenvalue weighted by Crippen LogP contribution is -2.28. The summed E-state index contributed by atoms with van der Waals surface area (Å²) in [5, 5.41) is 6.75. The number of nitrogens with one attached hydrogen (secondary N) is 2. The Labute approximate surface area is 256 Å². The third-order valence-corrected chi connectivity index (χ3v) is 8.52. The Kier molecular flexibility index (Phi) is 9.99. The van der Waals surface area contributed by atoms with Crippen LogP contribution in [0.25, 0.3) is 28.0 Å². The first-order chi connectivity index (χ1) is 21.3. The summed E-state index contributed by atoms with van der Waals surface area (Å²) in [6.45, 7) is 10.1. The van der Waals surface area contributed by atoms with Crippen molar-refractivity contribution in [2.24, 2.45) is 5.92 Å². The van der Waals surface area contributed by atoms with Gasteiger partial charge in [-0.1, -0.05) is 38.8 Å². The molecular formula is C34H40F2N6O2. The molecule has 2 heterocycles. The molecule has 0 radical (unpaired) electrons. The molecule has 44 heavy (non-hydrogen) atoms. The maximum atomic E-state index is 15.0. The number of anilines is 1. The Bertz CT molecular complexity index is 1680. The minimum atomic E-state index is -0.884. The molecule has 10 heteroatoms. The number of amides is 1. The summed E-state index contributed by atoms with van der Waals surface area (Å²) < 4.78 is 31.0. The Morgan fingerprint density at radius 1 is 1.02 bits per heavy atom. The van der Waals surface area contributed by atoms with Crippen LogP contribution >= 0.6 is 0 Å². The Morgan fingerprint density at radius 3 is 2.45 bits per heavy atom. The lowest BCUT2D eigenvalue weighted by Gasteiger charge is -2.18. The number of carbonyl (C=O) groups is 1. The molecule has 1 fully saturated rings. The molecule has 2 N–H and O–H groups in total. The van der Waals surface area contributed by atoms with E-state index in [1.54, 1.807) is 18.2 Å². The molecule has 0 spiro atoms. The summed E-state index contributed by atoms with van der Waals surface area (Å²) in [5.41, 5.74) is 1.38. The highest BCUT2D eigenvalue weighted by molar-refractivity contribution is 5.98. The quantitative estimate of drug-likeness (QED) is 0.191. The van der Waals surface area contributed by atoms with Gasteiger partial charge in [-0.25, -0.2) is 13.8 Å². The van der Waals surface area contributed by atoms with E-state index in [2.05, 4.69) is 34.4 Å². The van der Waals surface area contributed by atoms with Crippen molar-refractivity contribution in [1.82, 2.24) is 24.8 Å². The van der Waals surface area contributed by atoms with Crippen molar-refractivity contribution in [3.8, 4) is 16.9 Å². The highest BCUT2D eigenvalue weighted by atomic mass is 19.1. The predicted molar refractivity (Wildman–Crippen MR) is 170 cm³/mol. The third kappa shape index (κ3) is 6.80. The van der Waals surface area contributed by atoms with Gasteiger partial charge < -0.3 is 15.5 Å². The zero-order valence-electron chi connectivity index (χ0n) is 25.6. The Hall–Kier alpha value is -4.18. The molecular weight excluding hydrogens is 562 g/mol. The largest absolute Gasteiger partial charge is 0.354 e. The molecule has 0 bridgehead atoms. The van der Waals surface area contributed by atoms with Crippen molar-refractivity contribution in [2.45, 2.75) is 52.9 Å². The highest BCUT2D eigenvalue weighted by Gasteiger charge is 2.22. The van der Waals surface area contributed by atoms with Gasteiger partial charge >= 0.3 is 0 Å². The second-order valence-corrected chi connectivity index (χ2v) is 11.4. The van der Waals surface area contributed by atoms with Gasteiger partial charge in [-0.2, -0.15) is 4.98 Å². The molecule has 8 nitrogen and oxygen atoms in total. The molecule has 0 atom stereocenters. The van der Waals surface area contributed by atoms with E-state index in [1.807, 2.05) is 13.0 Å². The molecule has 4 aromatic rings. The first-order valence-electron chi connectivity index (χ1n) is 15.5. The number of pyridine rings is 1. The van der Waals surface area contributed by atoms with E-state index in [1.165, 1.54) is 25.0 Å². The van der Waals surface area contributed by atoms with Gasteiger partial charge in [0.05, 0.1) is 5.69 Å². The van der Waals surface area contributed by atoms with Crippen molar-refractivity contribution in [1.29, 1.82) is 0 Å². The van der Waals surface area contributed by atoms with Crippen molar-refractivity contribution >= 4 is 22.9 Å². The molecule has 0 saturated heterocycles. The van der Waals surface area contributed by atoms with Crippen LogP contribution in [-0.2, 0) is 0 Å². The van der Waals surface area contributed by atoms with E-state index < -0.39 is 22.9 Å². The van der Waals surface area contributed by atoms with Crippen LogP contribution in [0.4, 0.5) is 14.7 Å². The fraction of sp³-hybridized carbons (Fsp3) is 0.412. The second-order valence-electron chi connectivity index (χ2n) is 11.4. The average molecular weight is 603 g/mol. The number of rotatable bonds is 12. The van der Waals surface area contributed by atoms with Crippen LogP contribution < -0.4 is 16.2 Å². The number of hydrogen-bond donors (Lipinski definition) is 2. The molecule has 2 aromatic heterocycles. The third-order valence-electron chi connectivity index (χ3n) is 8.52. The summed E-state index contributed by atoms with van der Waals surface area (Å²) in [5.74, 6) is -1.22. The van der Waals surface area contributed by atoms with Crippen LogP contribution in [-0.4, -0.2) is 58.1 Å². The van der Waals surface area contributed by atoms with Crippen LogP contribution in [0.2, 0.25) is 0 Å². The first kappa shape index (κ1) is 31.3. The summed E-state index contributed by atoms with van der Waals surface area (Å²) >= 11 is 0. The summed E-state index contributed by atoms with van der Waals surface area (Å²) in [4.78, 5) is 38.1. The number of nitrogens with zero attached hydrogens (tertiary/aromatic N) is 4. The van der Waals surface area contributed by atoms with Gasteiger partial charge in [0.2, 0.25) is 5.95 Å². The predicted octanol–water partition coefficient (Wildman–Crippen LogP) is 6.10.